The van der Waals surface area contributed by atoms with Crippen LogP contribution in [0.25, 0.3) is 17.2 Å². The van der Waals surface area contributed by atoms with Gasteiger partial charge < -0.3 is 19.5 Å². The molecule has 0 radical (unpaired) electrons. The average molecular weight is 499 g/mol. The summed E-state index contributed by atoms with van der Waals surface area (Å²) in [5, 5.41) is 16.0. The van der Waals surface area contributed by atoms with E-state index >= 15 is 0 Å². The van der Waals surface area contributed by atoms with Gasteiger partial charge in [0.15, 0.2) is 11.5 Å². The summed E-state index contributed by atoms with van der Waals surface area (Å²) in [7, 11) is 3.19. The first kappa shape index (κ1) is 24.0. The van der Waals surface area contributed by atoms with E-state index in [1.165, 1.54) is 4.68 Å². The lowest BCUT2D eigenvalue weighted by Crippen LogP contribution is -2.25. The van der Waals surface area contributed by atoms with E-state index in [1.54, 1.807) is 26.5 Å². The Bertz CT molecular complexity index is 1480. The maximum Gasteiger partial charge on any atom is 0.272 e. The van der Waals surface area contributed by atoms with Gasteiger partial charge in [-0.15, -0.1) is 5.10 Å². The molecule has 10 heteroatoms. The van der Waals surface area contributed by atoms with E-state index < -0.39 is 0 Å². The fourth-order valence-corrected chi connectivity index (χ4v) is 4.45. The molecule has 1 amide bonds. The average Bonchev–Trinajstić information content (AvgIpc) is 3.27. The summed E-state index contributed by atoms with van der Waals surface area (Å²) < 4.78 is 18.1. The number of fused-ring (bicyclic) bond motifs is 1. The van der Waals surface area contributed by atoms with Crippen LogP contribution in [0.3, 0.4) is 0 Å². The van der Waals surface area contributed by atoms with E-state index in [0.29, 0.717) is 35.4 Å². The molecule has 5 rings (SSSR count). The second kappa shape index (κ2) is 10.1. The van der Waals surface area contributed by atoms with Crippen LogP contribution in [-0.2, 0) is 4.79 Å². The third kappa shape index (κ3) is 4.61. The number of nitrogens with one attached hydrogen (secondary N) is 1. The first-order valence-electron chi connectivity index (χ1n) is 11.7. The molecule has 4 aromatic rings. The third-order valence-corrected chi connectivity index (χ3v) is 6.15. The van der Waals surface area contributed by atoms with E-state index in [2.05, 4.69) is 32.2 Å². The zero-order valence-electron chi connectivity index (χ0n) is 20.8. The summed E-state index contributed by atoms with van der Waals surface area (Å²) in [4.78, 5) is 17.5. The van der Waals surface area contributed by atoms with Gasteiger partial charge in [-0.2, -0.15) is 14.9 Å². The topological polar surface area (TPSA) is 113 Å². The summed E-state index contributed by atoms with van der Waals surface area (Å²) in [6.45, 7) is 5.95. The number of carbonyl (C=O) groups is 1. The Morgan fingerprint density at radius 1 is 1.16 bits per heavy atom. The van der Waals surface area contributed by atoms with Crippen molar-refractivity contribution in [3.63, 3.8) is 0 Å². The van der Waals surface area contributed by atoms with Gasteiger partial charge in [0.2, 0.25) is 5.91 Å². The highest BCUT2D eigenvalue weighted by molar-refractivity contribution is 5.95. The molecule has 1 aliphatic heterocycles. The number of rotatable bonds is 8. The van der Waals surface area contributed by atoms with Gasteiger partial charge in [-0.25, -0.2) is 4.98 Å². The maximum atomic E-state index is 12.8. The molecule has 1 N–H and O–H groups in total. The van der Waals surface area contributed by atoms with Crippen molar-refractivity contribution in [3.8, 4) is 34.5 Å². The normalized spacial score (nSPS) is 14.5. The molecule has 37 heavy (non-hydrogen) atoms. The number of hydrogen-bond donors (Lipinski definition) is 1. The van der Waals surface area contributed by atoms with Crippen LogP contribution in [0.5, 0.6) is 17.2 Å². The Balaban J connectivity index is 1.56. The first-order valence-corrected chi connectivity index (χ1v) is 11.7. The summed E-state index contributed by atoms with van der Waals surface area (Å²) in [6.07, 6.45) is 3.51. The van der Waals surface area contributed by atoms with Gasteiger partial charge in [0.05, 0.1) is 31.8 Å². The molecule has 10 nitrogen and oxygen atoms in total. The van der Waals surface area contributed by atoms with Crippen molar-refractivity contribution < 1.29 is 19.0 Å². The summed E-state index contributed by atoms with van der Waals surface area (Å²) >= 11 is 0. The molecule has 188 valence electrons. The molecule has 0 saturated carbocycles. The van der Waals surface area contributed by atoms with Gasteiger partial charge in [0.1, 0.15) is 18.2 Å². The molecular formula is C27H26N6O4. The molecule has 1 atom stereocenters. The van der Waals surface area contributed by atoms with E-state index in [1.807, 2.05) is 49.4 Å². The van der Waals surface area contributed by atoms with E-state index in [4.69, 9.17) is 14.2 Å². The Morgan fingerprint density at radius 3 is 2.81 bits per heavy atom. The Hall–Kier alpha value is -4.73. The quantitative estimate of drug-likeness (QED) is 0.362. The predicted octanol–water partition coefficient (Wildman–Crippen LogP) is 4.09. The number of hydrogen-bond acceptors (Lipinski definition) is 8. The number of ether oxygens (including phenoxy) is 3. The van der Waals surface area contributed by atoms with Gasteiger partial charge in [-0.1, -0.05) is 30.9 Å². The summed E-state index contributed by atoms with van der Waals surface area (Å²) in [5.41, 5.74) is 3.97. The van der Waals surface area contributed by atoms with E-state index in [0.717, 1.165) is 22.4 Å². The summed E-state index contributed by atoms with van der Waals surface area (Å²) in [6, 6.07) is 13.2. The van der Waals surface area contributed by atoms with E-state index in [9.17, 15) is 4.79 Å². The highest BCUT2D eigenvalue weighted by atomic mass is 16.5. The molecule has 0 bridgehead atoms. The van der Waals surface area contributed by atoms with Crippen LogP contribution in [0.4, 0.5) is 5.82 Å². The Kier molecular flexibility index (Phi) is 6.55. The van der Waals surface area contributed by atoms with Gasteiger partial charge in [0.25, 0.3) is 5.95 Å². The molecule has 2 aromatic heterocycles. The molecule has 1 unspecified atom stereocenters. The Labute approximate surface area is 213 Å². The predicted molar refractivity (Wildman–Crippen MR) is 137 cm³/mol. The number of anilines is 1. The third-order valence-electron chi connectivity index (χ3n) is 6.15. The van der Waals surface area contributed by atoms with Gasteiger partial charge in [0, 0.05) is 23.5 Å². The van der Waals surface area contributed by atoms with Crippen molar-refractivity contribution in [3.05, 3.63) is 78.1 Å². The standard InChI is InChI=1S/C27H26N6O4/c1-5-11-37-22-10-9-17(13-23(22)36-4)20-14-24(34)30-26-25(20)16(2)32-33(26)27-29-21(15-28-31-27)18-7-6-8-19(12-18)35-3/h5-10,12-13,15,20H,1,11,14H2,2-4H3,(H,30,34). The molecule has 0 spiro atoms. The van der Waals surface area contributed by atoms with Crippen LogP contribution in [0.2, 0.25) is 0 Å². The first-order chi connectivity index (χ1) is 18.0. The second-order valence-electron chi connectivity index (χ2n) is 8.45. The zero-order chi connectivity index (χ0) is 25.9. The molecule has 2 aromatic carbocycles. The Morgan fingerprint density at radius 2 is 2.03 bits per heavy atom. The lowest BCUT2D eigenvalue weighted by Gasteiger charge is -2.25. The van der Waals surface area contributed by atoms with Crippen LogP contribution in [-0.4, -0.2) is 51.7 Å². The molecule has 3 heterocycles. The number of benzene rings is 2. The lowest BCUT2D eigenvalue weighted by molar-refractivity contribution is -0.116. The number of carbonyl (C=O) groups excluding carboxylic acids is 1. The minimum atomic E-state index is -0.241. The number of amides is 1. The number of methoxy groups -OCH3 is 2. The minimum Gasteiger partial charge on any atom is -0.497 e. The molecule has 0 aliphatic carbocycles. The van der Waals surface area contributed by atoms with Crippen LogP contribution >= 0.6 is 0 Å². The fourth-order valence-electron chi connectivity index (χ4n) is 4.45. The zero-order valence-corrected chi connectivity index (χ0v) is 20.8. The van der Waals surface area contributed by atoms with Crippen LogP contribution in [0, 0.1) is 6.92 Å². The van der Waals surface area contributed by atoms with Crippen molar-refractivity contribution in [2.45, 2.75) is 19.3 Å². The van der Waals surface area contributed by atoms with Crippen molar-refractivity contribution in [1.29, 1.82) is 0 Å². The van der Waals surface area contributed by atoms with Crippen molar-refractivity contribution in [2.75, 3.05) is 26.1 Å². The van der Waals surface area contributed by atoms with Crippen LogP contribution in [0.1, 0.15) is 29.2 Å². The smallest absolute Gasteiger partial charge is 0.272 e. The van der Waals surface area contributed by atoms with Crippen molar-refractivity contribution in [2.24, 2.45) is 0 Å². The van der Waals surface area contributed by atoms with E-state index in [-0.39, 0.29) is 24.2 Å². The lowest BCUT2D eigenvalue weighted by atomic mass is 9.85. The highest BCUT2D eigenvalue weighted by Gasteiger charge is 2.34. The fraction of sp³-hybridized carbons (Fsp3) is 0.222. The van der Waals surface area contributed by atoms with Crippen molar-refractivity contribution >= 4 is 11.7 Å². The molecule has 1 aliphatic rings. The molecule has 0 fully saturated rings. The number of aromatic nitrogens is 5. The van der Waals surface area contributed by atoms with Gasteiger partial charge in [-0.05, 0) is 36.8 Å². The van der Waals surface area contributed by atoms with Crippen molar-refractivity contribution in [1.82, 2.24) is 25.0 Å². The SMILES string of the molecule is C=CCOc1ccc(C2CC(=O)Nc3c2c(C)nn3-c2nncc(-c3cccc(OC)c3)n2)cc1OC. The monoisotopic (exact) mass is 498 g/mol. The maximum absolute atomic E-state index is 12.8. The molecular weight excluding hydrogens is 472 g/mol. The number of aryl methyl sites for hydroxylation is 1. The van der Waals surface area contributed by atoms with Crippen LogP contribution in [0.15, 0.2) is 61.3 Å². The second-order valence-corrected chi connectivity index (χ2v) is 8.45. The van der Waals surface area contributed by atoms with Crippen LogP contribution < -0.4 is 19.5 Å². The minimum absolute atomic E-state index is 0.137. The highest BCUT2D eigenvalue weighted by Crippen LogP contribution is 2.42. The number of nitrogens with zero attached hydrogens (tertiary/aromatic N) is 5. The largest absolute Gasteiger partial charge is 0.497 e. The van der Waals surface area contributed by atoms with Gasteiger partial charge >= 0.3 is 0 Å². The summed E-state index contributed by atoms with van der Waals surface area (Å²) in [5.74, 6) is 2.28. The molecule has 0 saturated heterocycles. The van der Waals surface area contributed by atoms with Gasteiger partial charge in [-0.3, -0.25) is 4.79 Å².